The highest BCUT2D eigenvalue weighted by Crippen LogP contribution is 2.13. The fourth-order valence-corrected chi connectivity index (χ4v) is 1.39. The number of phenols is 1. The van der Waals surface area contributed by atoms with Crippen LogP contribution in [0, 0.1) is 4.77 Å². The van der Waals surface area contributed by atoms with Gasteiger partial charge in [-0.3, -0.25) is 5.43 Å². The molecule has 0 amide bonds. The molecular weight excluding hydrogens is 240 g/mol. The molecule has 0 saturated carbocycles. The molecule has 88 valence electrons. The van der Waals surface area contributed by atoms with Crippen molar-refractivity contribution in [3.8, 4) is 5.75 Å². The number of phenolic OH excluding ortho intramolecular Hbond substituents is 1. The van der Waals surface area contributed by atoms with Gasteiger partial charge < -0.3 is 5.11 Å². The maximum atomic E-state index is 9.54. The minimum atomic E-state index is 0.133. The maximum Gasteiger partial charge on any atom is 0.258 e. The summed E-state index contributed by atoms with van der Waals surface area (Å²) in [6.07, 6.45) is 1.46. The van der Waals surface area contributed by atoms with Gasteiger partial charge in [-0.25, -0.2) is 10.9 Å². The molecule has 1 aromatic carbocycles. The summed E-state index contributed by atoms with van der Waals surface area (Å²) in [5.41, 5.74) is 2.91. The molecule has 0 bridgehead atoms. The second-order valence-corrected chi connectivity index (χ2v) is 3.50. The molecule has 0 aliphatic carbocycles. The zero-order chi connectivity index (χ0) is 12.3. The molecule has 0 saturated heterocycles. The van der Waals surface area contributed by atoms with Crippen LogP contribution in [-0.4, -0.2) is 26.2 Å². The van der Waals surface area contributed by atoms with Gasteiger partial charge in [0.25, 0.3) is 5.95 Å². The summed E-state index contributed by atoms with van der Waals surface area (Å²) < 4.78 is 1.60. The lowest BCUT2D eigenvalue weighted by atomic mass is 10.2. The lowest BCUT2D eigenvalue weighted by Gasteiger charge is -1.99. The number of aromatic hydroxyl groups is 1. The summed E-state index contributed by atoms with van der Waals surface area (Å²) in [6, 6.07) is 6.80. The second-order valence-electron chi connectivity index (χ2n) is 3.11. The Labute approximate surface area is 102 Å². The average molecular weight is 250 g/mol. The molecule has 1 heterocycles. The minimum Gasteiger partial charge on any atom is -0.507 e. The van der Waals surface area contributed by atoms with Crippen LogP contribution in [-0.2, 0) is 0 Å². The Kier molecular flexibility index (Phi) is 3.17. The van der Waals surface area contributed by atoms with Crippen LogP contribution in [0.25, 0.3) is 0 Å². The summed E-state index contributed by atoms with van der Waals surface area (Å²) in [5, 5.41) is 19.9. The largest absolute Gasteiger partial charge is 0.507 e. The standard InChI is InChI=1S/C9H10N6OS/c10-12-8-13-14-9(17)15(8)11-5-6-3-1-2-4-7(6)16/h1-5,16H,10H2,(H,12,13)(H,14,17)/b11-5+. The SMILES string of the molecule is NNc1n[nH]c(=S)n1/N=C/c1ccccc1O. The number of aromatic amines is 1. The molecular formula is C9H10N6OS. The van der Waals surface area contributed by atoms with E-state index in [-0.39, 0.29) is 11.7 Å². The number of hydrazine groups is 1. The molecule has 2 rings (SSSR count). The first-order chi connectivity index (χ1) is 8.22. The predicted octanol–water partition coefficient (Wildman–Crippen LogP) is 0.814. The van der Waals surface area contributed by atoms with Gasteiger partial charge in [-0.1, -0.05) is 12.1 Å². The molecule has 0 fully saturated rings. The topological polar surface area (TPSA) is 104 Å². The Balaban J connectivity index is 2.35. The fraction of sp³-hybridized carbons (Fsp3) is 0. The van der Waals surface area contributed by atoms with E-state index in [0.29, 0.717) is 10.3 Å². The van der Waals surface area contributed by atoms with Crippen LogP contribution in [0.2, 0.25) is 0 Å². The van der Waals surface area contributed by atoms with Crippen molar-refractivity contribution in [3.05, 3.63) is 34.6 Å². The molecule has 0 aliphatic heterocycles. The van der Waals surface area contributed by atoms with Crippen LogP contribution < -0.4 is 11.3 Å². The van der Waals surface area contributed by atoms with E-state index in [1.807, 2.05) is 0 Å². The number of hydrogen-bond donors (Lipinski definition) is 4. The molecule has 0 spiro atoms. The summed E-state index contributed by atoms with van der Waals surface area (Å²) in [7, 11) is 0. The van der Waals surface area contributed by atoms with Crippen molar-refractivity contribution in [2.75, 3.05) is 5.43 Å². The van der Waals surface area contributed by atoms with Crippen molar-refractivity contribution in [3.63, 3.8) is 0 Å². The van der Waals surface area contributed by atoms with Gasteiger partial charge in [-0.2, -0.15) is 9.78 Å². The van der Waals surface area contributed by atoms with E-state index < -0.39 is 0 Å². The highest BCUT2D eigenvalue weighted by atomic mass is 32.1. The number of rotatable bonds is 3. The number of benzene rings is 1. The van der Waals surface area contributed by atoms with Gasteiger partial charge in [0.15, 0.2) is 0 Å². The van der Waals surface area contributed by atoms with Gasteiger partial charge in [-0.15, -0.1) is 5.10 Å². The maximum absolute atomic E-state index is 9.54. The summed E-state index contributed by atoms with van der Waals surface area (Å²) in [6.45, 7) is 0. The predicted molar refractivity (Wildman–Crippen MR) is 66.3 cm³/mol. The molecule has 2 aromatic rings. The molecule has 1 aromatic heterocycles. The van der Waals surface area contributed by atoms with Gasteiger partial charge in [0.05, 0.1) is 6.21 Å². The lowest BCUT2D eigenvalue weighted by Crippen LogP contribution is -2.11. The molecule has 8 heteroatoms. The zero-order valence-corrected chi connectivity index (χ0v) is 9.48. The van der Waals surface area contributed by atoms with Crippen LogP contribution in [0.5, 0.6) is 5.75 Å². The van der Waals surface area contributed by atoms with E-state index in [9.17, 15) is 5.11 Å². The molecule has 0 radical (unpaired) electrons. The molecule has 0 unspecified atom stereocenters. The zero-order valence-electron chi connectivity index (χ0n) is 8.66. The van der Waals surface area contributed by atoms with Gasteiger partial charge >= 0.3 is 0 Å². The van der Waals surface area contributed by atoms with Crippen molar-refractivity contribution in [2.45, 2.75) is 0 Å². The first-order valence-corrected chi connectivity index (χ1v) is 5.09. The molecule has 5 N–H and O–H groups in total. The monoisotopic (exact) mass is 250 g/mol. The number of nitrogen functional groups attached to an aromatic ring is 1. The van der Waals surface area contributed by atoms with Crippen molar-refractivity contribution in [1.82, 2.24) is 14.9 Å². The van der Waals surface area contributed by atoms with Gasteiger partial charge in [-0.05, 0) is 24.4 Å². The summed E-state index contributed by atoms with van der Waals surface area (Å²) in [5.74, 6) is 5.65. The summed E-state index contributed by atoms with van der Waals surface area (Å²) in [4.78, 5) is 0. The van der Waals surface area contributed by atoms with Crippen LogP contribution in [0.1, 0.15) is 5.56 Å². The van der Waals surface area contributed by atoms with Crippen molar-refractivity contribution in [1.29, 1.82) is 0 Å². The Morgan fingerprint density at radius 1 is 1.53 bits per heavy atom. The average Bonchev–Trinajstić information content (AvgIpc) is 2.69. The number of nitrogens with one attached hydrogen (secondary N) is 2. The van der Waals surface area contributed by atoms with E-state index >= 15 is 0 Å². The second kappa shape index (κ2) is 4.76. The van der Waals surface area contributed by atoms with Crippen LogP contribution in [0.3, 0.4) is 0 Å². The number of hydrogen-bond acceptors (Lipinski definition) is 6. The van der Waals surface area contributed by atoms with Crippen LogP contribution in [0.15, 0.2) is 29.4 Å². The van der Waals surface area contributed by atoms with Crippen LogP contribution >= 0.6 is 12.2 Å². The van der Waals surface area contributed by atoms with Crippen molar-refractivity contribution in [2.24, 2.45) is 10.9 Å². The Hall–Kier alpha value is -2.19. The van der Waals surface area contributed by atoms with E-state index in [1.54, 1.807) is 24.3 Å². The molecule has 0 aliphatic rings. The third kappa shape index (κ3) is 2.32. The van der Waals surface area contributed by atoms with Gasteiger partial charge in [0.2, 0.25) is 4.77 Å². The van der Waals surface area contributed by atoms with Crippen molar-refractivity contribution < 1.29 is 5.11 Å². The molecule has 0 atom stereocenters. The van der Waals surface area contributed by atoms with E-state index in [0.717, 1.165) is 0 Å². The van der Waals surface area contributed by atoms with Crippen molar-refractivity contribution >= 4 is 24.4 Å². The number of nitrogens with two attached hydrogens (primary N) is 1. The quantitative estimate of drug-likeness (QED) is 0.279. The number of nitrogens with zero attached hydrogens (tertiary/aromatic N) is 3. The van der Waals surface area contributed by atoms with Gasteiger partial charge in [0, 0.05) is 5.56 Å². The first kappa shape index (κ1) is 11.3. The summed E-state index contributed by atoms with van der Waals surface area (Å²) >= 11 is 4.96. The normalized spacial score (nSPS) is 10.9. The van der Waals surface area contributed by atoms with Crippen LogP contribution in [0.4, 0.5) is 5.95 Å². The lowest BCUT2D eigenvalue weighted by molar-refractivity contribution is 0.474. The highest BCUT2D eigenvalue weighted by molar-refractivity contribution is 7.71. The first-order valence-electron chi connectivity index (χ1n) is 4.69. The molecule has 17 heavy (non-hydrogen) atoms. The third-order valence-corrected chi connectivity index (χ3v) is 2.29. The van der Waals surface area contributed by atoms with E-state index in [2.05, 4.69) is 20.7 Å². The van der Waals surface area contributed by atoms with E-state index in [1.165, 1.54) is 10.9 Å². The number of aromatic nitrogens is 3. The number of H-pyrrole nitrogens is 1. The van der Waals surface area contributed by atoms with E-state index in [4.69, 9.17) is 18.1 Å². The number of anilines is 1. The Morgan fingerprint density at radius 3 is 3.00 bits per heavy atom. The smallest absolute Gasteiger partial charge is 0.258 e. The van der Waals surface area contributed by atoms with Gasteiger partial charge in [0.1, 0.15) is 5.75 Å². The number of para-hydroxylation sites is 1. The third-order valence-electron chi connectivity index (χ3n) is 2.03. The Morgan fingerprint density at radius 2 is 2.29 bits per heavy atom. The Bertz CT molecular complexity index is 602. The minimum absolute atomic E-state index is 0.133. The molecule has 7 nitrogen and oxygen atoms in total. The highest BCUT2D eigenvalue weighted by Gasteiger charge is 2.02. The fourth-order valence-electron chi connectivity index (χ4n) is 1.21.